The SMILES string of the molecule is Cc1ccc2c(N3CC[C@@H](NC(=O)OC(C)(C)C)C3)nc(-c3ccccc3O)nc2c1.Cc1ccc2c(N3CC[C@@H](NC(=O)OCC(C)C)C3)nc(-c3ccccc3O)nc2c1. The van der Waals surface area contributed by atoms with Crippen LogP contribution in [-0.2, 0) is 9.47 Å². The van der Waals surface area contributed by atoms with Gasteiger partial charge in [-0.2, -0.15) is 0 Å². The largest absolute Gasteiger partial charge is 0.507 e. The fourth-order valence-corrected chi connectivity index (χ4v) is 7.56. The summed E-state index contributed by atoms with van der Waals surface area (Å²) in [7, 11) is 0. The Labute approximate surface area is 362 Å². The summed E-state index contributed by atoms with van der Waals surface area (Å²) in [6, 6.07) is 26.3. The van der Waals surface area contributed by atoms with Gasteiger partial charge in [0.1, 0.15) is 28.7 Å². The van der Waals surface area contributed by atoms with E-state index in [2.05, 4.69) is 20.4 Å². The number of anilines is 2. The first-order chi connectivity index (χ1) is 29.6. The van der Waals surface area contributed by atoms with Crippen LogP contribution in [0.25, 0.3) is 44.6 Å². The number of nitrogens with one attached hydrogen (secondary N) is 2. The van der Waals surface area contributed by atoms with E-state index in [0.29, 0.717) is 48.4 Å². The van der Waals surface area contributed by atoms with Crippen LogP contribution in [0.3, 0.4) is 0 Å². The van der Waals surface area contributed by atoms with Crippen molar-refractivity contribution in [3.63, 3.8) is 0 Å². The number of para-hydroxylation sites is 2. The van der Waals surface area contributed by atoms with Gasteiger partial charge in [0.05, 0.1) is 40.9 Å². The second kappa shape index (κ2) is 18.5. The minimum Gasteiger partial charge on any atom is -0.507 e. The fraction of sp³-hybridized carbons (Fsp3) is 0.375. The van der Waals surface area contributed by atoms with Gasteiger partial charge in [-0.15, -0.1) is 0 Å². The van der Waals surface area contributed by atoms with Crippen LogP contribution in [0.2, 0.25) is 0 Å². The molecule has 2 aliphatic rings. The molecule has 0 saturated carbocycles. The molecule has 2 atom stereocenters. The molecule has 2 saturated heterocycles. The fourth-order valence-electron chi connectivity index (χ4n) is 7.56. The van der Waals surface area contributed by atoms with Gasteiger partial charge in [-0.1, -0.05) is 50.2 Å². The molecule has 0 radical (unpaired) electrons. The number of amides is 2. The first-order valence-electron chi connectivity index (χ1n) is 21.2. The van der Waals surface area contributed by atoms with Crippen LogP contribution in [0.1, 0.15) is 58.6 Å². The molecule has 14 heteroatoms. The summed E-state index contributed by atoms with van der Waals surface area (Å²) in [4.78, 5) is 47.7. The minimum atomic E-state index is -0.532. The van der Waals surface area contributed by atoms with E-state index in [1.807, 2.05) is 109 Å². The molecule has 4 heterocycles. The van der Waals surface area contributed by atoms with Crippen molar-refractivity contribution in [2.45, 2.75) is 79.0 Å². The maximum absolute atomic E-state index is 12.2. The maximum atomic E-state index is 12.2. The number of aromatic nitrogens is 4. The Kier molecular flexibility index (Phi) is 13.0. The number of phenolic OH excluding ortho intramolecular Hbond substituents is 2. The molecular formula is C48H56N8O6. The number of phenols is 2. The quantitative estimate of drug-likeness (QED) is 0.115. The van der Waals surface area contributed by atoms with Crippen LogP contribution < -0.4 is 20.4 Å². The molecule has 2 aromatic heterocycles. The summed E-state index contributed by atoms with van der Waals surface area (Å²) in [6.07, 6.45) is 0.818. The number of hydrogen-bond donors (Lipinski definition) is 4. The number of fused-ring (bicyclic) bond motifs is 2. The number of rotatable bonds is 8. The third-order valence-electron chi connectivity index (χ3n) is 10.5. The number of aryl methyl sites for hydroxylation is 2. The summed E-state index contributed by atoms with van der Waals surface area (Å²) in [5, 5.41) is 28.5. The van der Waals surface area contributed by atoms with Crippen LogP contribution in [-0.4, -0.2) is 92.8 Å². The Hall–Kier alpha value is -6.70. The molecule has 14 nitrogen and oxygen atoms in total. The van der Waals surface area contributed by atoms with Crippen molar-refractivity contribution in [2.75, 3.05) is 42.6 Å². The van der Waals surface area contributed by atoms with Crippen molar-refractivity contribution in [1.82, 2.24) is 30.6 Å². The summed E-state index contributed by atoms with van der Waals surface area (Å²) in [5.41, 5.74) is 4.52. The predicted octanol–water partition coefficient (Wildman–Crippen LogP) is 8.69. The summed E-state index contributed by atoms with van der Waals surface area (Å²) in [6.45, 7) is 16.8. The van der Waals surface area contributed by atoms with Crippen LogP contribution in [0.5, 0.6) is 11.5 Å². The van der Waals surface area contributed by atoms with E-state index in [1.165, 1.54) is 0 Å². The molecule has 0 spiro atoms. The van der Waals surface area contributed by atoms with Gasteiger partial charge >= 0.3 is 12.2 Å². The molecule has 6 aromatic rings. The van der Waals surface area contributed by atoms with Crippen molar-refractivity contribution < 1.29 is 29.3 Å². The molecular weight excluding hydrogens is 785 g/mol. The Morgan fingerprint density at radius 1 is 0.694 bits per heavy atom. The Balaban J connectivity index is 0.000000186. The summed E-state index contributed by atoms with van der Waals surface area (Å²) >= 11 is 0. The summed E-state index contributed by atoms with van der Waals surface area (Å²) in [5.74, 6) is 3.17. The first-order valence-corrected chi connectivity index (χ1v) is 21.2. The highest BCUT2D eigenvalue weighted by molar-refractivity contribution is 5.93. The van der Waals surface area contributed by atoms with E-state index >= 15 is 0 Å². The molecule has 2 aliphatic heterocycles. The zero-order valence-corrected chi connectivity index (χ0v) is 36.5. The number of ether oxygens (including phenoxy) is 2. The number of hydrogen-bond acceptors (Lipinski definition) is 12. The lowest BCUT2D eigenvalue weighted by Gasteiger charge is -2.23. The molecule has 324 valence electrons. The second-order valence-electron chi connectivity index (χ2n) is 17.5. The zero-order chi connectivity index (χ0) is 44.1. The molecule has 2 fully saturated rings. The molecule has 8 rings (SSSR count). The monoisotopic (exact) mass is 840 g/mol. The van der Waals surface area contributed by atoms with Crippen molar-refractivity contribution in [3.8, 4) is 34.3 Å². The van der Waals surface area contributed by atoms with Crippen LogP contribution in [0, 0.1) is 19.8 Å². The molecule has 0 unspecified atom stereocenters. The van der Waals surface area contributed by atoms with Crippen LogP contribution >= 0.6 is 0 Å². The molecule has 4 aromatic carbocycles. The number of carbonyl (C=O) groups is 2. The second-order valence-corrected chi connectivity index (χ2v) is 17.5. The Bertz CT molecular complexity index is 2580. The van der Waals surface area contributed by atoms with E-state index in [1.54, 1.807) is 24.3 Å². The van der Waals surface area contributed by atoms with E-state index in [0.717, 1.165) is 70.5 Å². The number of nitrogens with zero attached hydrogens (tertiary/aromatic N) is 6. The molecule has 0 aliphatic carbocycles. The van der Waals surface area contributed by atoms with E-state index in [4.69, 9.17) is 29.4 Å². The lowest BCUT2D eigenvalue weighted by molar-refractivity contribution is 0.0508. The first kappa shape index (κ1) is 43.4. The Morgan fingerprint density at radius 3 is 1.58 bits per heavy atom. The smallest absolute Gasteiger partial charge is 0.407 e. The number of aromatic hydroxyl groups is 2. The highest BCUT2D eigenvalue weighted by Crippen LogP contribution is 2.35. The standard InChI is InChI=1S/2C24H28N4O3/c1-15-9-10-17-19(13-15)26-21(18-7-5-6-8-20(18)29)27-22(17)28-12-11-16(14-28)25-23(30)31-24(2,3)4;1-15(2)14-31-24(30)25-17-10-11-28(13-17)23-18-9-8-16(3)12-20(18)26-22(27-23)19-6-4-5-7-21(19)29/h5-10,13,16,29H,11-12,14H2,1-4H3,(H,25,30);4-9,12,15,17,29H,10-11,13-14H2,1-3H3,(H,25,30)/t16-;17-/m11/s1. The van der Waals surface area contributed by atoms with Crippen molar-refractivity contribution >= 4 is 45.6 Å². The van der Waals surface area contributed by atoms with E-state index in [-0.39, 0.29) is 29.7 Å². The third-order valence-corrected chi connectivity index (χ3v) is 10.5. The third kappa shape index (κ3) is 10.6. The van der Waals surface area contributed by atoms with Gasteiger partial charge in [-0.3, -0.25) is 0 Å². The number of alkyl carbamates (subject to hydrolysis) is 2. The minimum absolute atomic E-state index is 0.0105. The van der Waals surface area contributed by atoms with E-state index in [9.17, 15) is 19.8 Å². The Morgan fingerprint density at radius 2 is 1.15 bits per heavy atom. The molecule has 0 bridgehead atoms. The number of carbonyl (C=O) groups excluding carboxylic acids is 2. The highest BCUT2D eigenvalue weighted by Gasteiger charge is 2.30. The molecule has 62 heavy (non-hydrogen) atoms. The van der Waals surface area contributed by atoms with Gasteiger partial charge in [0.15, 0.2) is 11.6 Å². The summed E-state index contributed by atoms with van der Waals surface area (Å²) < 4.78 is 10.7. The lowest BCUT2D eigenvalue weighted by atomic mass is 10.1. The average molecular weight is 841 g/mol. The van der Waals surface area contributed by atoms with Gasteiger partial charge < -0.3 is 40.1 Å². The molecule has 2 amide bonds. The predicted molar refractivity (Wildman–Crippen MR) is 243 cm³/mol. The molecule has 4 N–H and O–H groups in total. The van der Waals surface area contributed by atoms with Gasteiger partial charge in [-0.05, 0) is 113 Å². The van der Waals surface area contributed by atoms with Gasteiger partial charge in [0, 0.05) is 37.0 Å². The average Bonchev–Trinajstić information content (AvgIpc) is 3.88. The van der Waals surface area contributed by atoms with Gasteiger partial charge in [-0.25, -0.2) is 29.5 Å². The number of benzene rings is 4. The maximum Gasteiger partial charge on any atom is 0.407 e. The van der Waals surface area contributed by atoms with Gasteiger partial charge in [0.25, 0.3) is 0 Å². The normalized spacial score (nSPS) is 16.3. The lowest BCUT2D eigenvalue weighted by Crippen LogP contribution is -2.40. The van der Waals surface area contributed by atoms with Gasteiger partial charge in [0.2, 0.25) is 0 Å². The van der Waals surface area contributed by atoms with Crippen LogP contribution in [0.15, 0.2) is 84.9 Å². The van der Waals surface area contributed by atoms with Crippen molar-refractivity contribution in [1.29, 1.82) is 0 Å². The van der Waals surface area contributed by atoms with Crippen molar-refractivity contribution in [2.24, 2.45) is 5.92 Å². The zero-order valence-electron chi connectivity index (χ0n) is 36.5. The van der Waals surface area contributed by atoms with Crippen molar-refractivity contribution in [3.05, 3.63) is 96.1 Å². The van der Waals surface area contributed by atoms with E-state index < -0.39 is 11.7 Å². The van der Waals surface area contributed by atoms with Crippen LogP contribution in [0.4, 0.5) is 21.2 Å². The topological polar surface area (TPSA) is 175 Å². The highest BCUT2D eigenvalue weighted by atomic mass is 16.6.